The summed E-state index contributed by atoms with van der Waals surface area (Å²) in [6.45, 7) is 4.64. The molecule has 1 fully saturated rings. The van der Waals surface area contributed by atoms with Crippen molar-refractivity contribution in [1.29, 1.82) is 0 Å². The number of hydrogen-bond donors (Lipinski definition) is 2. The molecule has 2 N–H and O–H groups in total. The summed E-state index contributed by atoms with van der Waals surface area (Å²) in [5.74, 6) is 0.174. The highest BCUT2D eigenvalue weighted by atomic mass is 35.5. The van der Waals surface area contributed by atoms with Crippen molar-refractivity contribution < 1.29 is 4.79 Å². The van der Waals surface area contributed by atoms with Crippen LogP contribution >= 0.6 is 24.8 Å². The fraction of sp³-hybridized carbons (Fsp3) is 0.600. The molecule has 7 heteroatoms. The van der Waals surface area contributed by atoms with Gasteiger partial charge in [0.25, 0.3) is 0 Å². The van der Waals surface area contributed by atoms with Crippen molar-refractivity contribution in [3.8, 4) is 0 Å². The average molecular weight is 281 g/mol. The van der Waals surface area contributed by atoms with E-state index in [1.165, 1.54) is 0 Å². The third kappa shape index (κ3) is 4.18. The summed E-state index contributed by atoms with van der Waals surface area (Å²) in [4.78, 5) is 13.9. The molecule has 0 aliphatic carbocycles. The lowest BCUT2D eigenvalue weighted by Gasteiger charge is -2.33. The smallest absolute Gasteiger partial charge is 0.228 e. The van der Waals surface area contributed by atoms with E-state index in [-0.39, 0.29) is 36.8 Å². The maximum absolute atomic E-state index is 11.9. The second-order valence-electron chi connectivity index (χ2n) is 3.90. The van der Waals surface area contributed by atoms with E-state index in [0.29, 0.717) is 6.42 Å². The Morgan fingerprint density at radius 2 is 2.35 bits per heavy atom. The molecule has 0 spiro atoms. The standard InChI is InChI=1S/C10H16N4O.2ClH/c1-8-7-11-4-5-14(8)10(15)6-9-2-3-12-13-9;;/h2-3,8,11H,4-7H2,1H3,(H,12,13);2*1H/t8-;;/m1../s1. The minimum atomic E-state index is 0. The Morgan fingerprint density at radius 1 is 1.59 bits per heavy atom. The van der Waals surface area contributed by atoms with Crippen molar-refractivity contribution in [2.45, 2.75) is 19.4 Å². The molecule has 1 aliphatic rings. The van der Waals surface area contributed by atoms with Crippen LogP contribution in [0, 0.1) is 0 Å². The van der Waals surface area contributed by atoms with Crippen molar-refractivity contribution in [2.24, 2.45) is 0 Å². The molecular formula is C10H18Cl2N4O. The minimum absolute atomic E-state index is 0. The molecule has 1 aliphatic heterocycles. The monoisotopic (exact) mass is 280 g/mol. The van der Waals surface area contributed by atoms with Gasteiger partial charge in [0.1, 0.15) is 0 Å². The van der Waals surface area contributed by atoms with Gasteiger partial charge in [0, 0.05) is 37.6 Å². The van der Waals surface area contributed by atoms with Gasteiger partial charge in [-0.05, 0) is 13.0 Å². The Hall–Kier alpha value is -0.780. The van der Waals surface area contributed by atoms with Crippen molar-refractivity contribution in [1.82, 2.24) is 20.4 Å². The Morgan fingerprint density at radius 3 is 2.94 bits per heavy atom. The summed E-state index contributed by atoms with van der Waals surface area (Å²) >= 11 is 0. The molecule has 1 amide bonds. The van der Waals surface area contributed by atoms with Gasteiger partial charge >= 0.3 is 0 Å². The number of rotatable bonds is 2. The SMILES string of the molecule is C[C@@H]1CNCCN1C(=O)Cc1ccn[nH]1.Cl.Cl. The van der Waals surface area contributed by atoms with E-state index in [4.69, 9.17) is 0 Å². The van der Waals surface area contributed by atoms with E-state index in [1.807, 2.05) is 11.0 Å². The molecule has 1 aromatic heterocycles. The number of carbonyl (C=O) groups is 1. The van der Waals surface area contributed by atoms with Gasteiger partial charge in [-0.2, -0.15) is 5.10 Å². The van der Waals surface area contributed by atoms with Crippen molar-refractivity contribution >= 4 is 30.7 Å². The molecule has 0 bridgehead atoms. The van der Waals surface area contributed by atoms with Crippen LogP contribution in [0.4, 0.5) is 0 Å². The minimum Gasteiger partial charge on any atom is -0.337 e. The van der Waals surface area contributed by atoms with E-state index >= 15 is 0 Å². The second-order valence-corrected chi connectivity index (χ2v) is 3.90. The van der Waals surface area contributed by atoms with Crippen LogP contribution < -0.4 is 5.32 Å². The van der Waals surface area contributed by atoms with Gasteiger partial charge in [-0.1, -0.05) is 0 Å². The van der Waals surface area contributed by atoms with Gasteiger partial charge in [0.2, 0.25) is 5.91 Å². The molecule has 1 atom stereocenters. The number of aromatic amines is 1. The van der Waals surface area contributed by atoms with Crippen LogP contribution in [-0.4, -0.2) is 46.7 Å². The third-order valence-electron chi connectivity index (χ3n) is 2.72. The fourth-order valence-corrected chi connectivity index (χ4v) is 1.86. The van der Waals surface area contributed by atoms with Gasteiger partial charge in [-0.3, -0.25) is 9.89 Å². The molecule has 98 valence electrons. The average Bonchev–Trinajstić information content (AvgIpc) is 2.71. The summed E-state index contributed by atoms with van der Waals surface area (Å²) in [6, 6.07) is 2.12. The number of carbonyl (C=O) groups excluding carboxylic acids is 1. The van der Waals surface area contributed by atoms with Crippen LogP contribution in [0.15, 0.2) is 12.3 Å². The molecule has 0 aromatic carbocycles. The van der Waals surface area contributed by atoms with E-state index in [9.17, 15) is 4.79 Å². The summed E-state index contributed by atoms with van der Waals surface area (Å²) in [5.41, 5.74) is 0.880. The summed E-state index contributed by atoms with van der Waals surface area (Å²) in [6.07, 6.45) is 2.09. The highest BCUT2D eigenvalue weighted by Gasteiger charge is 2.22. The Balaban J connectivity index is 0.00000128. The second kappa shape index (κ2) is 7.53. The van der Waals surface area contributed by atoms with Gasteiger partial charge in [0.05, 0.1) is 6.42 Å². The number of H-pyrrole nitrogens is 1. The van der Waals surface area contributed by atoms with Gasteiger partial charge in [-0.25, -0.2) is 0 Å². The number of piperazine rings is 1. The normalized spacial score (nSPS) is 19.1. The van der Waals surface area contributed by atoms with Crippen LogP contribution in [0.5, 0.6) is 0 Å². The molecular weight excluding hydrogens is 263 g/mol. The summed E-state index contributed by atoms with van der Waals surface area (Å²) in [7, 11) is 0. The van der Waals surface area contributed by atoms with Crippen LogP contribution in [0.25, 0.3) is 0 Å². The van der Waals surface area contributed by atoms with Crippen LogP contribution in [0.2, 0.25) is 0 Å². The first-order valence-electron chi connectivity index (χ1n) is 5.26. The number of hydrogen-bond acceptors (Lipinski definition) is 3. The number of aromatic nitrogens is 2. The zero-order chi connectivity index (χ0) is 10.7. The highest BCUT2D eigenvalue weighted by molar-refractivity contribution is 5.85. The fourth-order valence-electron chi connectivity index (χ4n) is 1.86. The molecule has 2 heterocycles. The summed E-state index contributed by atoms with van der Waals surface area (Å²) in [5, 5.41) is 9.90. The van der Waals surface area contributed by atoms with Crippen LogP contribution in [0.1, 0.15) is 12.6 Å². The number of halogens is 2. The number of nitrogens with one attached hydrogen (secondary N) is 2. The number of amides is 1. The van der Waals surface area contributed by atoms with Crippen molar-refractivity contribution in [3.05, 3.63) is 18.0 Å². The zero-order valence-corrected chi connectivity index (χ0v) is 11.3. The van der Waals surface area contributed by atoms with Gasteiger partial charge in [-0.15, -0.1) is 24.8 Å². The molecule has 0 saturated carbocycles. The zero-order valence-electron chi connectivity index (χ0n) is 9.68. The Kier molecular flexibility index (Phi) is 7.18. The molecule has 0 radical (unpaired) electrons. The van der Waals surface area contributed by atoms with Crippen molar-refractivity contribution in [3.63, 3.8) is 0 Å². The van der Waals surface area contributed by atoms with Gasteiger partial charge in [0.15, 0.2) is 0 Å². The first-order valence-corrected chi connectivity index (χ1v) is 5.26. The quantitative estimate of drug-likeness (QED) is 0.835. The largest absolute Gasteiger partial charge is 0.337 e. The van der Waals surface area contributed by atoms with E-state index in [1.54, 1.807) is 6.20 Å². The Bertz CT molecular complexity index is 331. The lowest BCUT2D eigenvalue weighted by atomic mass is 10.2. The van der Waals surface area contributed by atoms with Gasteiger partial charge < -0.3 is 10.2 Å². The Labute approximate surface area is 113 Å². The predicted octanol–water partition coefficient (Wildman–Crippen LogP) is 0.616. The van der Waals surface area contributed by atoms with Crippen LogP contribution in [-0.2, 0) is 11.2 Å². The molecule has 0 unspecified atom stereocenters. The van der Waals surface area contributed by atoms with Crippen LogP contribution in [0.3, 0.4) is 0 Å². The lowest BCUT2D eigenvalue weighted by molar-refractivity contribution is -0.133. The molecule has 2 rings (SSSR count). The summed E-state index contributed by atoms with van der Waals surface area (Å²) < 4.78 is 0. The number of nitrogens with zero attached hydrogens (tertiary/aromatic N) is 2. The molecule has 1 saturated heterocycles. The van der Waals surface area contributed by atoms with E-state index in [2.05, 4.69) is 22.4 Å². The highest BCUT2D eigenvalue weighted by Crippen LogP contribution is 2.06. The predicted molar refractivity (Wildman–Crippen MR) is 70.8 cm³/mol. The maximum Gasteiger partial charge on any atom is 0.228 e. The van der Waals surface area contributed by atoms with E-state index < -0.39 is 0 Å². The molecule has 1 aromatic rings. The first kappa shape index (κ1) is 16.2. The topological polar surface area (TPSA) is 61.0 Å². The maximum atomic E-state index is 11.9. The first-order chi connectivity index (χ1) is 7.27. The molecule has 5 nitrogen and oxygen atoms in total. The van der Waals surface area contributed by atoms with E-state index in [0.717, 1.165) is 25.3 Å². The van der Waals surface area contributed by atoms with Crippen molar-refractivity contribution in [2.75, 3.05) is 19.6 Å². The molecule has 17 heavy (non-hydrogen) atoms. The third-order valence-corrected chi connectivity index (χ3v) is 2.72. The lowest BCUT2D eigenvalue weighted by Crippen LogP contribution is -2.52.